The van der Waals surface area contributed by atoms with Crippen molar-refractivity contribution in [2.75, 3.05) is 26.7 Å². The number of furan rings is 1. The molecule has 0 N–H and O–H groups in total. The molecule has 1 fully saturated rings. The van der Waals surface area contributed by atoms with Crippen molar-refractivity contribution in [2.24, 2.45) is 0 Å². The SMILES string of the molecule is CN(CC(=O)c1ccco1)C1CCN(C(=O)OC(C)(C)C)CC1. The maximum absolute atomic E-state index is 12.1. The Bertz CT molecular complexity index is 525. The van der Waals surface area contributed by atoms with Crippen LogP contribution in [0.1, 0.15) is 44.2 Å². The number of likely N-dealkylation sites (tertiary alicyclic amines) is 1. The molecule has 1 amide bonds. The lowest BCUT2D eigenvalue weighted by atomic mass is 10.0. The van der Waals surface area contributed by atoms with Crippen LogP contribution in [-0.4, -0.2) is 60.0 Å². The minimum Gasteiger partial charge on any atom is -0.461 e. The number of hydrogen-bond donors (Lipinski definition) is 0. The second-order valence-corrected chi connectivity index (χ2v) is 7.01. The average molecular weight is 322 g/mol. The van der Waals surface area contributed by atoms with Gasteiger partial charge in [0.2, 0.25) is 5.78 Å². The van der Waals surface area contributed by atoms with E-state index >= 15 is 0 Å². The summed E-state index contributed by atoms with van der Waals surface area (Å²) in [5.41, 5.74) is -0.472. The first-order valence-corrected chi connectivity index (χ1v) is 8.01. The van der Waals surface area contributed by atoms with Gasteiger partial charge in [-0.1, -0.05) is 0 Å². The van der Waals surface area contributed by atoms with Gasteiger partial charge in [0.05, 0.1) is 12.8 Å². The third-order valence-electron chi connectivity index (χ3n) is 3.93. The highest BCUT2D eigenvalue weighted by molar-refractivity contribution is 5.95. The zero-order valence-electron chi connectivity index (χ0n) is 14.4. The lowest BCUT2D eigenvalue weighted by molar-refractivity contribution is 0.0156. The molecule has 0 saturated carbocycles. The van der Waals surface area contributed by atoms with Crippen molar-refractivity contribution >= 4 is 11.9 Å². The number of rotatable bonds is 4. The van der Waals surface area contributed by atoms with Crippen LogP contribution in [0, 0.1) is 0 Å². The van der Waals surface area contributed by atoms with E-state index in [1.807, 2.05) is 32.7 Å². The molecule has 1 aliphatic rings. The summed E-state index contributed by atoms with van der Waals surface area (Å²) in [6, 6.07) is 3.68. The Morgan fingerprint density at radius 2 is 2.00 bits per heavy atom. The first-order chi connectivity index (χ1) is 10.8. The van der Waals surface area contributed by atoms with Crippen LogP contribution >= 0.6 is 0 Å². The largest absolute Gasteiger partial charge is 0.461 e. The quantitative estimate of drug-likeness (QED) is 0.798. The van der Waals surface area contributed by atoms with Crippen molar-refractivity contribution < 1.29 is 18.7 Å². The number of nitrogens with zero attached hydrogens (tertiary/aromatic N) is 2. The predicted octanol–water partition coefficient (Wildman–Crippen LogP) is 2.79. The maximum Gasteiger partial charge on any atom is 0.410 e. The molecule has 6 nitrogen and oxygen atoms in total. The number of amides is 1. The highest BCUT2D eigenvalue weighted by atomic mass is 16.6. The van der Waals surface area contributed by atoms with Crippen LogP contribution in [0.4, 0.5) is 4.79 Å². The summed E-state index contributed by atoms with van der Waals surface area (Å²) in [6.07, 6.45) is 2.92. The molecule has 1 saturated heterocycles. The molecule has 23 heavy (non-hydrogen) atoms. The molecule has 1 aromatic heterocycles. The molecule has 0 spiro atoms. The van der Waals surface area contributed by atoms with E-state index in [2.05, 4.69) is 0 Å². The second kappa shape index (κ2) is 7.17. The monoisotopic (exact) mass is 322 g/mol. The van der Waals surface area contributed by atoms with Gasteiger partial charge in [0.25, 0.3) is 0 Å². The van der Waals surface area contributed by atoms with E-state index in [1.54, 1.807) is 17.0 Å². The minimum absolute atomic E-state index is 0.0212. The molecule has 1 aromatic rings. The van der Waals surface area contributed by atoms with Crippen molar-refractivity contribution in [3.05, 3.63) is 24.2 Å². The average Bonchev–Trinajstić information content (AvgIpc) is 3.00. The number of ketones is 1. The van der Waals surface area contributed by atoms with Crippen molar-refractivity contribution in [2.45, 2.75) is 45.3 Å². The Morgan fingerprint density at radius 3 is 2.52 bits per heavy atom. The summed E-state index contributed by atoms with van der Waals surface area (Å²) >= 11 is 0. The smallest absolute Gasteiger partial charge is 0.410 e. The number of piperidine rings is 1. The van der Waals surface area contributed by atoms with Gasteiger partial charge in [-0.15, -0.1) is 0 Å². The first-order valence-electron chi connectivity index (χ1n) is 8.01. The maximum atomic E-state index is 12.1. The summed E-state index contributed by atoms with van der Waals surface area (Å²) in [5.74, 6) is 0.370. The van der Waals surface area contributed by atoms with Crippen LogP contribution in [0.25, 0.3) is 0 Å². The van der Waals surface area contributed by atoms with Gasteiger partial charge in [-0.2, -0.15) is 0 Å². The fourth-order valence-electron chi connectivity index (χ4n) is 2.69. The van der Waals surface area contributed by atoms with Gasteiger partial charge in [0.1, 0.15) is 5.60 Å². The summed E-state index contributed by atoms with van der Waals surface area (Å²) in [7, 11) is 1.94. The van der Waals surface area contributed by atoms with Gasteiger partial charge in [-0.05, 0) is 52.8 Å². The molecule has 0 radical (unpaired) electrons. The lowest BCUT2D eigenvalue weighted by Crippen LogP contribution is -2.47. The van der Waals surface area contributed by atoms with Crippen LogP contribution in [0.2, 0.25) is 0 Å². The summed E-state index contributed by atoms with van der Waals surface area (Å²) in [5, 5.41) is 0. The van der Waals surface area contributed by atoms with Gasteiger partial charge in [0.15, 0.2) is 5.76 Å². The summed E-state index contributed by atoms with van der Waals surface area (Å²) in [4.78, 5) is 27.9. The standard InChI is InChI=1S/C17H26N2O4/c1-17(2,3)23-16(21)19-9-7-13(8-10-19)18(4)12-14(20)15-6-5-11-22-15/h5-6,11,13H,7-10,12H2,1-4H3. The highest BCUT2D eigenvalue weighted by Gasteiger charge is 2.29. The summed E-state index contributed by atoms with van der Waals surface area (Å²) < 4.78 is 10.5. The number of hydrogen-bond acceptors (Lipinski definition) is 5. The predicted molar refractivity (Wildman–Crippen MR) is 86.5 cm³/mol. The van der Waals surface area contributed by atoms with E-state index in [0.29, 0.717) is 25.4 Å². The van der Waals surface area contributed by atoms with E-state index in [4.69, 9.17) is 9.15 Å². The van der Waals surface area contributed by atoms with Crippen molar-refractivity contribution in [3.8, 4) is 0 Å². The third kappa shape index (κ3) is 5.10. The molecular weight excluding hydrogens is 296 g/mol. The zero-order chi connectivity index (χ0) is 17.0. The second-order valence-electron chi connectivity index (χ2n) is 7.01. The van der Waals surface area contributed by atoms with Crippen LogP contribution in [0.15, 0.2) is 22.8 Å². The van der Waals surface area contributed by atoms with Gasteiger partial charge in [0, 0.05) is 19.1 Å². The van der Waals surface area contributed by atoms with E-state index in [0.717, 1.165) is 12.8 Å². The minimum atomic E-state index is -0.472. The number of Topliss-reactive ketones (excluding diaryl/α,β-unsaturated/α-hetero) is 1. The molecule has 128 valence electrons. The molecule has 2 rings (SSSR count). The molecule has 1 aliphatic heterocycles. The fraction of sp³-hybridized carbons (Fsp3) is 0.647. The summed E-state index contributed by atoms with van der Waals surface area (Å²) in [6.45, 7) is 7.23. The topological polar surface area (TPSA) is 63.0 Å². The molecular formula is C17H26N2O4. The molecule has 0 unspecified atom stereocenters. The third-order valence-corrected chi connectivity index (χ3v) is 3.93. The number of carbonyl (C=O) groups excluding carboxylic acids is 2. The van der Waals surface area contributed by atoms with E-state index < -0.39 is 5.60 Å². The zero-order valence-corrected chi connectivity index (χ0v) is 14.4. The van der Waals surface area contributed by atoms with Crippen molar-refractivity contribution in [1.82, 2.24) is 9.80 Å². The lowest BCUT2D eigenvalue weighted by Gasteiger charge is -2.37. The molecule has 2 heterocycles. The Hall–Kier alpha value is -1.82. The molecule has 0 bridgehead atoms. The van der Waals surface area contributed by atoms with Crippen LogP contribution in [-0.2, 0) is 4.74 Å². The first kappa shape index (κ1) is 17.5. The molecule has 0 aromatic carbocycles. The van der Waals surface area contributed by atoms with Crippen LogP contribution in [0.5, 0.6) is 0 Å². The molecule has 0 aliphatic carbocycles. The Balaban J connectivity index is 1.79. The number of carbonyl (C=O) groups is 2. The normalized spacial score (nSPS) is 16.7. The van der Waals surface area contributed by atoms with Gasteiger partial charge in [-0.25, -0.2) is 4.79 Å². The van der Waals surface area contributed by atoms with Crippen molar-refractivity contribution in [1.29, 1.82) is 0 Å². The Kier molecular flexibility index (Phi) is 5.46. The Labute approximate surface area is 137 Å². The van der Waals surface area contributed by atoms with Gasteiger partial charge < -0.3 is 14.1 Å². The molecule has 0 atom stereocenters. The van der Waals surface area contributed by atoms with E-state index in [1.165, 1.54) is 6.26 Å². The Morgan fingerprint density at radius 1 is 1.35 bits per heavy atom. The fourth-order valence-corrected chi connectivity index (χ4v) is 2.69. The number of ether oxygens (including phenoxy) is 1. The highest BCUT2D eigenvalue weighted by Crippen LogP contribution is 2.18. The van der Waals surface area contributed by atoms with Gasteiger partial charge >= 0.3 is 6.09 Å². The number of likely N-dealkylation sites (N-methyl/N-ethyl adjacent to an activating group) is 1. The van der Waals surface area contributed by atoms with E-state index in [9.17, 15) is 9.59 Å². The van der Waals surface area contributed by atoms with Crippen LogP contribution < -0.4 is 0 Å². The molecule has 6 heteroatoms. The van der Waals surface area contributed by atoms with E-state index in [-0.39, 0.29) is 17.9 Å². The van der Waals surface area contributed by atoms with Gasteiger partial charge in [-0.3, -0.25) is 9.69 Å². The van der Waals surface area contributed by atoms with Crippen LogP contribution in [0.3, 0.4) is 0 Å². The van der Waals surface area contributed by atoms with Crippen molar-refractivity contribution in [3.63, 3.8) is 0 Å².